The molecule has 0 saturated carbocycles. The zero-order valence-electron chi connectivity index (χ0n) is 12.5. The van der Waals surface area contributed by atoms with E-state index in [1.165, 1.54) is 12.1 Å². The van der Waals surface area contributed by atoms with Crippen molar-refractivity contribution in [3.05, 3.63) is 53.5 Å². The van der Waals surface area contributed by atoms with E-state index >= 15 is 0 Å². The Bertz CT molecular complexity index is 724. The van der Waals surface area contributed by atoms with Gasteiger partial charge in [0.05, 0.1) is 24.5 Å². The molecule has 0 amide bonds. The molecule has 0 aliphatic carbocycles. The van der Waals surface area contributed by atoms with E-state index in [4.69, 9.17) is 14.7 Å². The van der Waals surface area contributed by atoms with E-state index in [1.807, 2.05) is 18.2 Å². The van der Waals surface area contributed by atoms with Gasteiger partial charge in [0.1, 0.15) is 18.0 Å². The molecule has 6 heteroatoms. The maximum absolute atomic E-state index is 13.1. The van der Waals surface area contributed by atoms with Crippen LogP contribution in [0.2, 0.25) is 0 Å². The first kappa shape index (κ1) is 15.3. The van der Waals surface area contributed by atoms with E-state index in [1.54, 1.807) is 12.3 Å². The zero-order chi connectivity index (χ0) is 16.1. The number of benzene rings is 1. The van der Waals surface area contributed by atoms with Crippen molar-refractivity contribution in [2.24, 2.45) is 0 Å². The Balaban J connectivity index is 1.65. The van der Waals surface area contributed by atoms with E-state index < -0.39 is 5.82 Å². The van der Waals surface area contributed by atoms with Crippen LogP contribution in [-0.4, -0.2) is 24.3 Å². The molecule has 23 heavy (non-hydrogen) atoms. The fraction of sp³-hybridized carbons (Fsp3) is 0.294. The van der Waals surface area contributed by atoms with Gasteiger partial charge in [-0.2, -0.15) is 5.26 Å². The van der Waals surface area contributed by atoms with Crippen LogP contribution in [0.3, 0.4) is 0 Å². The molecule has 1 aliphatic heterocycles. The summed E-state index contributed by atoms with van der Waals surface area (Å²) < 4.78 is 24.2. The first-order valence-electron chi connectivity index (χ1n) is 7.37. The third-order valence-electron chi connectivity index (χ3n) is 3.56. The minimum atomic E-state index is -0.425. The zero-order valence-corrected chi connectivity index (χ0v) is 12.5. The number of nitrogens with zero attached hydrogens (tertiary/aromatic N) is 2. The van der Waals surface area contributed by atoms with Crippen molar-refractivity contribution in [3.63, 3.8) is 0 Å². The molecule has 1 atom stereocenters. The number of nitrogens with one attached hydrogen (secondary N) is 1. The normalized spacial score (nSPS) is 16.8. The van der Waals surface area contributed by atoms with Crippen molar-refractivity contribution in [1.82, 2.24) is 4.98 Å². The molecule has 2 aromatic rings. The molecule has 3 rings (SSSR count). The number of pyridine rings is 1. The topological polar surface area (TPSA) is 67.2 Å². The van der Waals surface area contributed by atoms with Crippen molar-refractivity contribution in [3.8, 4) is 11.9 Å². The highest BCUT2D eigenvalue weighted by molar-refractivity contribution is 5.57. The highest BCUT2D eigenvalue weighted by Gasteiger charge is 2.17. The second-order valence-electron chi connectivity index (χ2n) is 5.26. The summed E-state index contributed by atoms with van der Waals surface area (Å²) in [6.45, 7) is 1.79. The minimum Gasteiger partial charge on any atom is -0.472 e. The summed E-state index contributed by atoms with van der Waals surface area (Å²) in [7, 11) is 0. The number of hydrogen-bond donors (Lipinski definition) is 1. The maximum atomic E-state index is 13.1. The summed E-state index contributed by atoms with van der Waals surface area (Å²) in [5, 5.41) is 12.2. The highest BCUT2D eigenvalue weighted by Crippen LogP contribution is 2.19. The fourth-order valence-electron chi connectivity index (χ4n) is 2.36. The predicted octanol–water partition coefficient (Wildman–Crippen LogP) is 2.87. The van der Waals surface area contributed by atoms with Gasteiger partial charge < -0.3 is 14.8 Å². The molecule has 0 spiro atoms. The summed E-state index contributed by atoms with van der Waals surface area (Å²) in [4.78, 5) is 4.20. The lowest BCUT2D eigenvalue weighted by Crippen LogP contribution is -2.16. The average Bonchev–Trinajstić information content (AvgIpc) is 3.07. The number of halogens is 1. The highest BCUT2D eigenvalue weighted by atomic mass is 19.1. The second-order valence-corrected chi connectivity index (χ2v) is 5.26. The molecule has 1 unspecified atom stereocenters. The second kappa shape index (κ2) is 7.07. The van der Waals surface area contributed by atoms with Gasteiger partial charge in [-0.15, -0.1) is 0 Å². The standard InChI is InChI=1S/C17H16FN3O2/c18-14-1-2-16(13(8-14)9-19)21-10-12-3-5-20-17(7-12)23-15-4-6-22-11-15/h1-3,5,7-8,15,21H,4,6,10-11H2. The quantitative estimate of drug-likeness (QED) is 0.919. The van der Waals surface area contributed by atoms with E-state index in [2.05, 4.69) is 10.3 Å². The van der Waals surface area contributed by atoms with Crippen LogP contribution in [0, 0.1) is 17.1 Å². The van der Waals surface area contributed by atoms with Gasteiger partial charge in [-0.25, -0.2) is 9.37 Å². The maximum Gasteiger partial charge on any atom is 0.213 e. The number of ether oxygens (including phenoxy) is 2. The third kappa shape index (κ3) is 3.96. The summed E-state index contributed by atoms with van der Waals surface area (Å²) >= 11 is 0. The Morgan fingerprint density at radius 2 is 2.30 bits per heavy atom. The molecular formula is C17H16FN3O2. The fourth-order valence-corrected chi connectivity index (χ4v) is 2.36. The summed E-state index contributed by atoms with van der Waals surface area (Å²) in [6.07, 6.45) is 2.59. The molecule has 1 aromatic carbocycles. The molecule has 118 valence electrons. The molecule has 1 aliphatic rings. The van der Waals surface area contributed by atoms with E-state index in [0.29, 0.717) is 31.3 Å². The van der Waals surface area contributed by atoms with Gasteiger partial charge in [-0.3, -0.25) is 0 Å². The third-order valence-corrected chi connectivity index (χ3v) is 3.56. The Morgan fingerprint density at radius 3 is 3.09 bits per heavy atom. The van der Waals surface area contributed by atoms with Gasteiger partial charge in [-0.05, 0) is 29.8 Å². The van der Waals surface area contributed by atoms with Gasteiger partial charge >= 0.3 is 0 Å². The van der Waals surface area contributed by atoms with Gasteiger partial charge in [0, 0.05) is 25.2 Å². The largest absolute Gasteiger partial charge is 0.472 e. The number of nitriles is 1. The van der Waals surface area contributed by atoms with E-state index in [-0.39, 0.29) is 11.7 Å². The molecule has 5 nitrogen and oxygen atoms in total. The lowest BCUT2D eigenvalue weighted by Gasteiger charge is -2.12. The summed E-state index contributed by atoms with van der Waals surface area (Å²) in [5.41, 5.74) is 1.83. The van der Waals surface area contributed by atoms with Gasteiger partial charge in [0.2, 0.25) is 5.88 Å². The lowest BCUT2D eigenvalue weighted by molar-refractivity contribution is 0.138. The van der Waals surface area contributed by atoms with Crippen molar-refractivity contribution >= 4 is 5.69 Å². The number of aromatic nitrogens is 1. The monoisotopic (exact) mass is 313 g/mol. The summed E-state index contributed by atoms with van der Waals surface area (Å²) in [6, 6.07) is 9.78. The molecular weight excluding hydrogens is 297 g/mol. The predicted molar refractivity (Wildman–Crippen MR) is 82.5 cm³/mol. The molecule has 1 saturated heterocycles. The Morgan fingerprint density at radius 1 is 1.39 bits per heavy atom. The van der Waals surface area contributed by atoms with Crippen LogP contribution in [0.25, 0.3) is 0 Å². The molecule has 1 N–H and O–H groups in total. The van der Waals surface area contributed by atoms with Crippen LogP contribution in [0.5, 0.6) is 5.88 Å². The van der Waals surface area contributed by atoms with E-state index in [0.717, 1.165) is 12.0 Å². The van der Waals surface area contributed by atoms with Gasteiger partial charge in [-0.1, -0.05) is 0 Å². The first-order valence-corrected chi connectivity index (χ1v) is 7.37. The van der Waals surface area contributed by atoms with Crippen molar-refractivity contribution in [1.29, 1.82) is 5.26 Å². The molecule has 0 radical (unpaired) electrons. The molecule has 2 heterocycles. The van der Waals surface area contributed by atoms with Crippen molar-refractivity contribution in [2.45, 2.75) is 19.1 Å². The van der Waals surface area contributed by atoms with Crippen LogP contribution < -0.4 is 10.1 Å². The first-order chi connectivity index (χ1) is 11.2. The van der Waals surface area contributed by atoms with Crippen LogP contribution in [-0.2, 0) is 11.3 Å². The molecule has 1 aromatic heterocycles. The van der Waals surface area contributed by atoms with Crippen LogP contribution in [0.1, 0.15) is 17.5 Å². The van der Waals surface area contributed by atoms with Gasteiger partial charge in [0.25, 0.3) is 0 Å². The van der Waals surface area contributed by atoms with Crippen LogP contribution in [0.15, 0.2) is 36.5 Å². The number of rotatable bonds is 5. The smallest absolute Gasteiger partial charge is 0.213 e. The molecule has 1 fully saturated rings. The minimum absolute atomic E-state index is 0.0491. The Kier molecular flexibility index (Phi) is 4.69. The van der Waals surface area contributed by atoms with E-state index in [9.17, 15) is 4.39 Å². The number of anilines is 1. The van der Waals surface area contributed by atoms with Crippen LogP contribution >= 0.6 is 0 Å². The Labute approximate surface area is 133 Å². The SMILES string of the molecule is N#Cc1cc(F)ccc1NCc1ccnc(OC2CCOC2)c1. The Hall–Kier alpha value is -2.65. The van der Waals surface area contributed by atoms with Crippen molar-refractivity contribution < 1.29 is 13.9 Å². The lowest BCUT2D eigenvalue weighted by atomic mass is 10.1. The summed E-state index contributed by atoms with van der Waals surface area (Å²) in [5.74, 6) is 0.130. The van der Waals surface area contributed by atoms with Gasteiger partial charge in [0.15, 0.2) is 0 Å². The van der Waals surface area contributed by atoms with Crippen LogP contribution in [0.4, 0.5) is 10.1 Å². The molecule has 0 bridgehead atoms. The van der Waals surface area contributed by atoms with Crippen molar-refractivity contribution in [2.75, 3.05) is 18.5 Å². The number of hydrogen-bond acceptors (Lipinski definition) is 5. The average molecular weight is 313 g/mol.